The summed E-state index contributed by atoms with van der Waals surface area (Å²) in [7, 11) is 3.69. The first-order valence-corrected chi connectivity index (χ1v) is 7.46. The predicted molar refractivity (Wildman–Crippen MR) is 87.7 cm³/mol. The molecule has 118 valence electrons. The molecule has 0 aliphatic carbocycles. The molecule has 0 spiro atoms. The average Bonchev–Trinajstić information content (AvgIpc) is 3.04. The fourth-order valence-corrected chi connectivity index (χ4v) is 2.85. The lowest BCUT2D eigenvalue weighted by atomic mass is 10.0. The number of hydrogen-bond acceptors (Lipinski definition) is 6. The van der Waals surface area contributed by atoms with Crippen LogP contribution in [-0.2, 0) is 0 Å². The van der Waals surface area contributed by atoms with Crippen molar-refractivity contribution in [2.24, 2.45) is 0 Å². The SMILES string of the molecule is CN(C)c1nc(C2CCN(c3ccncc3C#N)C2)cc(=O)[nH]1. The monoisotopic (exact) mass is 310 g/mol. The highest BCUT2D eigenvalue weighted by atomic mass is 16.1. The average molecular weight is 310 g/mol. The Hall–Kier alpha value is -2.88. The fourth-order valence-electron chi connectivity index (χ4n) is 2.85. The molecule has 1 N–H and O–H groups in total. The van der Waals surface area contributed by atoms with Gasteiger partial charge < -0.3 is 9.80 Å². The van der Waals surface area contributed by atoms with Gasteiger partial charge in [0.1, 0.15) is 6.07 Å². The zero-order valence-electron chi connectivity index (χ0n) is 13.2. The normalized spacial score (nSPS) is 17.1. The van der Waals surface area contributed by atoms with E-state index < -0.39 is 0 Å². The zero-order valence-corrected chi connectivity index (χ0v) is 13.2. The first-order chi connectivity index (χ1) is 11.1. The van der Waals surface area contributed by atoms with E-state index in [1.165, 1.54) is 0 Å². The van der Waals surface area contributed by atoms with Gasteiger partial charge in [-0.05, 0) is 12.5 Å². The Balaban J connectivity index is 1.86. The van der Waals surface area contributed by atoms with Gasteiger partial charge in [0.2, 0.25) is 5.95 Å². The van der Waals surface area contributed by atoms with Crippen molar-refractivity contribution in [1.29, 1.82) is 5.26 Å². The molecule has 0 radical (unpaired) electrons. The number of aromatic amines is 1. The maximum absolute atomic E-state index is 11.8. The van der Waals surface area contributed by atoms with Gasteiger partial charge in [-0.25, -0.2) is 4.98 Å². The van der Waals surface area contributed by atoms with E-state index in [1.807, 2.05) is 20.2 Å². The van der Waals surface area contributed by atoms with Gasteiger partial charge in [-0.1, -0.05) is 0 Å². The molecular weight excluding hydrogens is 292 g/mol. The minimum Gasteiger partial charge on any atom is -0.370 e. The van der Waals surface area contributed by atoms with E-state index in [9.17, 15) is 10.1 Å². The van der Waals surface area contributed by atoms with Gasteiger partial charge in [-0.15, -0.1) is 0 Å². The predicted octanol–water partition coefficient (Wildman–Crippen LogP) is 1.10. The van der Waals surface area contributed by atoms with Gasteiger partial charge in [-0.2, -0.15) is 5.26 Å². The van der Waals surface area contributed by atoms with Crippen molar-refractivity contribution >= 4 is 11.6 Å². The lowest BCUT2D eigenvalue weighted by Gasteiger charge is -2.19. The van der Waals surface area contributed by atoms with Crippen molar-refractivity contribution in [3.8, 4) is 6.07 Å². The van der Waals surface area contributed by atoms with Gasteiger partial charge in [-0.3, -0.25) is 14.8 Å². The summed E-state index contributed by atoms with van der Waals surface area (Å²) in [5.74, 6) is 0.739. The highest BCUT2D eigenvalue weighted by Gasteiger charge is 2.27. The van der Waals surface area contributed by atoms with Crippen molar-refractivity contribution in [2.75, 3.05) is 37.0 Å². The van der Waals surface area contributed by atoms with E-state index in [1.54, 1.807) is 23.4 Å². The van der Waals surface area contributed by atoms with Crippen LogP contribution in [0, 0.1) is 11.3 Å². The lowest BCUT2D eigenvalue weighted by Crippen LogP contribution is -2.23. The molecule has 1 fully saturated rings. The third-order valence-corrected chi connectivity index (χ3v) is 4.04. The first kappa shape index (κ1) is 15.0. The van der Waals surface area contributed by atoms with Crippen molar-refractivity contribution in [3.05, 3.63) is 46.1 Å². The third-order valence-electron chi connectivity index (χ3n) is 4.04. The molecular formula is C16H18N6O. The van der Waals surface area contributed by atoms with Gasteiger partial charge in [0.05, 0.1) is 16.9 Å². The number of anilines is 2. The summed E-state index contributed by atoms with van der Waals surface area (Å²) < 4.78 is 0. The largest absolute Gasteiger partial charge is 0.370 e. The Morgan fingerprint density at radius 3 is 3.04 bits per heavy atom. The molecule has 1 saturated heterocycles. The van der Waals surface area contributed by atoms with Crippen LogP contribution >= 0.6 is 0 Å². The minimum atomic E-state index is -0.140. The molecule has 1 unspecified atom stereocenters. The molecule has 2 aromatic rings. The molecule has 0 amide bonds. The quantitative estimate of drug-likeness (QED) is 0.913. The van der Waals surface area contributed by atoms with Crippen LogP contribution in [0.25, 0.3) is 0 Å². The Morgan fingerprint density at radius 2 is 2.30 bits per heavy atom. The smallest absolute Gasteiger partial charge is 0.252 e. The van der Waals surface area contributed by atoms with E-state index >= 15 is 0 Å². The first-order valence-electron chi connectivity index (χ1n) is 7.46. The number of nitriles is 1. The van der Waals surface area contributed by atoms with E-state index in [0.717, 1.165) is 30.9 Å². The Morgan fingerprint density at radius 1 is 1.48 bits per heavy atom. The zero-order chi connectivity index (χ0) is 16.4. The molecule has 2 aromatic heterocycles. The van der Waals surface area contributed by atoms with Crippen molar-refractivity contribution in [2.45, 2.75) is 12.3 Å². The summed E-state index contributed by atoms with van der Waals surface area (Å²) in [6.45, 7) is 1.57. The Labute approximate surface area is 134 Å². The molecule has 0 bridgehead atoms. The maximum atomic E-state index is 11.8. The summed E-state index contributed by atoms with van der Waals surface area (Å²) in [6.07, 6.45) is 4.17. The van der Waals surface area contributed by atoms with Gasteiger partial charge >= 0.3 is 0 Å². The maximum Gasteiger partial charge on any atom is 0.252 e. The van der Waals surface area contributed by atoms with Crippen LogP contribution in [0.2, 0.25) is 0 Å². The number of nitrogens with one attached hydrogen (secondary N) is 1. The standard InChI is InChI=1S/C16H18N6O/c1-21(2)16-19-13(7-15(23)20-16)11-4-6-22(10-11)14-3-5-18-9-12(14)8-17/h3,5,7,9,11H,4,6,10H2,1-2H3,(H,19,20,23). The molecule has 0 saturated carbocycles. The molecule has 0 aromatic carbocycles. The van der Waals surface area contributed by atoms with E-state index in [0.29, 0.717) is 11.5 Å². The van der Waals surface area contributed by atoms with E-state index in [-0.39, 0.29) is 11.5 Å². The van der Waals surface area contributed by atoms with E-state index in [2.05, 4.69) is 25.9 Å². The van der Waals surface area contributed by atoms with E-state index in [4.69, 9.17) is 0 Å². The Kier molecular flexibility index (Phi) is 3.98. The van der Waals surface area contributed by atoms with Crippen LogP contribution in [0.1, 0.15) is 23.6 Å². The molecule has 23 heavy (non-hydrogen) atoms. The van der Waals surface area contributed by atoms with Crippen LogP contribution in [0.3, 0.4) is 0 Å². The molecule has 1 aliphatic heterocycles. The topological polar surface area (TPSA) is 88.9 Å². The van der Waals surface area contributed by atoms with Crippen LogP contribution < -0.4 is 15.4 Å². The number of rotatable bonds is 3. The van der Waals surface area contributed by atoms with Gasteiger partial charge in [0.15, 0.2) is 0 Å². The molecule has 1 aliphatic rings. The van der Waals surface area contributed by atoms with Crippen molar-refractivity contribution in [1.82, 2.24) is 15.0 Å². The van der Waals surface area contributed by atoms with Gasteiger partial charge in [0, 0.05) is 51.6 Å². The third kappa shape index (κ3) is 3.01. The van der Waals surface area contributed by atoms with Crippen LogP contribution in [0.4, 0.5) is 11.6 Å². The summed E-state index contributed by atoms with van der Waals surface area (Å²) in [5, 5.41) is 9.22. The minimum absolute atomic E-state index is 0.140. The van der Waals surface area contributed by atoms with Crippen molar-refractivity contribution in [3.63, 3.8) is 0 Å². The molecule has 7 nitrogen and oxygen atoms in total. The number of pyridine rings is 1. The molecule has 3 rings (SSSR count). The molecule has 1 atom stereocenters. The highest BCUT2D eigenvalue weighted by molar-refractivity contribution is 5.58. The second-order valence-electron chi connectivity index (χ2n) is 5.82. The Bertz CT molecular complexity index is 807. The number of aromatic nitrogens is 3. The van der Waals surface area contributed by atoms with Crippen LogP contribution in [0.5, 0.6) is 0 Å². The fraction of sp³-hybridized carbons (Fsp3) is 0.375. The summed E-state index contributed by atoms with van der Waals surface area (Å²) in [6, 6.07) is 5.61. The van der Waals surface area contributed by atoms with Crippen LogP contribution in [0.15, 0.2) is 29.3 Å². The highest BCUT2D eigenvalue weighted by Crippen LogP contribution is 2.31. The summed E-state index contributed by atoms with van der Waals surface area (Å²) in [4.78, 5) is 27.1. The second-order valence-corrected chi connectivity index (χ2v) is 5.82. The molecule has 3 heterocycles. The molecule has 7 heteroatoms. The summed E-state index contributed by atoms with van der Waals surface area (Å²) in [5.41, 5.74) is 2.12. The second kappa shape index (κ2) is 6.08. The summed E-state index contributed by atoms with van der Waals surface area (Å²) >= 11 is 0. The van der Waals surface area contributed by atoms with Gasteiger partial charge in [0.25, 0.3) is 5.56 Å². The van der Waals surface area contributed by atoms with Crippen molar-refractivity contribution < 1.29 is 0 Å². The number of hydrogen-bond donors (Lipinski definition) is 1. The number of nitrogens with zero attached hydrogens (tertiary/aromatic N) is 5. The lowest BCUT2D eigenvalue weighted by molar-refractivity contribution is 0.733. The number of H-pyrrole nitrogens is 1. The van der Waals surface area contributed by atoms with Crippen LogP contribution in [-0.4, -0.2) is 42.1 Å².